The second kappa shape index (κ2) is 6.13. The van der Waals surface area contributed by atoms with E-state index in [-0.39, 0.29) is 5.91 Å². The van der Waals surface area contributed by atoms with Crippen molar-refractivity contribution in [1.82, 2.24) is 10.6 Å². The summed E-state index contributed by atoms with van der Waals surface area (Å²) in [6.45, 7) is 2.07. The van der Waals surface area contributed by atoms with Gasteiger partial charge in [0.15, 0.2) is 0 Å². The molecule has 136 valence electrons. The molecular weight excluding hydrogens is 341 g/mol. The number of benzene rings is 2. The van der Waals surface area contributed by atoms with Crippen molar-refractivity contribution in [3.63, 3.8) is 0 Å². The van der Waals surface area contributed by atoms with Gasteiger partial charge in [-0.1, -0.05) is 36.4 Å². The normalized spacial score (nSPS) is 17.7. The monoisotopic (exact) mass is 360 g/mol. The summed E-state index contributed by atoms with van der Waals surface area (Å²) in [6, 6.07) is 11.2. The molecule has 2 N–H and O–H groups in total. The number of nitrogens with one attached hydrogen (secondary N) is 2. The van der Waals surface area contributed by atoms with Gasteiger partial charge in [-0.05, 0) is 41.2 Å². The zero-order chi connectivity index (χ0) is 18.4. The van der Waals surface area contributed by atoms with E-state index in [0.29, 0.717) is 24.9 Å². The van der Waals surface area contributed by atoms with Crippen LogP contribution in [0, 0.1) is 0 Å². The van der Waals surface area contributed by atoms with Crippen molar-refractivity contribution in [3.05, 3.63) is 70.3 Å². The van der Waals surface area contributed by atoms with Gasteiger partial charge in [-0.15, -0.1) is 0 Å². The first-order chi connectivity index (χ1) is 12.4. The largest absolute Gasteiger partial charge is 0.416 e. The Kier molecular flexibility index (Phi) is 4.03. The first-order valence-electron chi connectivity index (χ1n) is 8.66. The van der Waals surface area contributed by atoms with E-state index in [2.05, 4.69) is 22.8 Å². The molecular formula is C20H19F3N2O. The third kappa shape index (κ3) is 3.09. The van der Waals surface area contributed by atoms with Crippen molar-refractivity contribution in [2.45, 2.75) is 44.1 Å². The summed E-state index contributed by atoms with van der Waals surface area (Å²) in [7, 11) is 0. The Morgan fingerprint density at radius 1 is 1.08 bits per heavy atom. The molecule has 0 saturated heterocycles. The quantitative estimate of drug-likeness (QED) is 0.874. The number of amides is 1. The summed E-state index contributed by atoms with van der Waals surface area (Å²) in [5.41, 5.74) is 2.42. The van der Waals surface area contributed by atoms with E-state index in [1.165, 1.54) is 17.2 Å². The Morgan fingerprint density at radius 2 is 1.85 bits per heavy atom. The van der Waals surface area contributed by atoms with Crippen LogP contribution in [0.4, 0.5) is 13.2 Å². The van der Waals surface area contributed by atoms with E-state index >= 15 is 0 Å². The Bertz CT molecular complexity index is 856. The van der Waals surface area contributed by atoms with Crippen molar-refractivity contribution in [2.75, 3.05) is 0 Å². The smallest absolute Gasteiger partial charge is 0.351 e. The van der Waals surface area contributed by atoms with Crippen LogP contribution in [0.15, 0.2) is 42.5 Å². The van der Waals surface area contributed by atoms with Crippen LogP contribution in [0.5, 0.6) is 0 Å². The van der Waals surface area contributed by atoms with Crippen LogP contribution < -0.4 is 10.6 Å². The third-order valence-electron chi connectivity index (χ3n) is 5.28. The fraction of sp³-hybridized carbons (Fsp3) is 0.350. The second-order valence-electron chi connectivity index (χ2n) is 7.05. The van der Waals surface area contributed by atoms with Crippen molar-refractivity contribution < 1.29 is 18.0 Å². The summed E-state index contributed by atoms with van der Waals surface area (Å²) < 4.78 is 38.9. The van der Waals surface area contributed by atoms with E-state index in [4.69, 9.17) is 0 Å². The lowest BCUT2D eigenvalue weighted by molar-refractivity contribution is -0.137. The number of carbonyl (C=O) groups excluding carboxylic acids is 1. The van der Waals surface area contributed by atoms with Crippen LogP contribution in [0.1, 0.15) is 40.7 Å². The zero-order valence-electron chi connectivity index (χ0n) is 14.1. The minimum absolute atomic E-state index is 0.199. The molecule has 2 aromatic carbocycles. The van der Waals surface area contributed by atoms with Crippen molar-refractivity contribution in [3.8, 4) is 0 Å². The van der Waals surface area contributed by atoms with Crippen LogP contribution in [0.25, 0.3) is 0 Å². The molecule has 1 amide bonds. The molecule has 0 spiro atoms. The Hall–Kier alpha value is -2.34. The molecule has 0 radical (unpaired) electrons. The van der Waals surface area contributed by atoms with Crippen LogP contribution >= 0.6 is 0 Å². The first kappa shape index (κ1) is 17.1. The van der Waals surface area contributed by atoms with Crippen molar-refractivity contribution in [2.24, 2.45) is 0 Å². The lowest BCUT2D eigenvalue weighted by Crippen LogP contribution is -2.34. The van der Waals surface area contributed by atoms with Crippen LogP contribution in [-0.4, -0.2) is 5.91 Å². The molecule has 0 aromatic heterocycles. The average molecular weight is 360 g/mol. The first-order valence-corrected chi connectivity index (χ1v) is 8.66. The average Bonchev–Trinajstić information content (AvgIpc) is 3.31. The number of halogens is 3. The maximum Gasteiger partial charge on any atom is 0.416 e. The molecule has 1 heterocycles. The molecule has 3 nitrogen and oxygen atoms in total. The van der Waals surface area contributed by atoms with Gasteiger partial charge in [-0.25, -0.2) is 0 Å². The molecule has 6 heteroatoms. The molecule has 26 heavy (non-hydrogen) atoms. The lowest BCUT2D eigenvalue weighted by atomic mass is 9.93. The number of fused-ring (bicyclic) bond motifs is 1. The number of carbonyl (C=O) groups is 1. The second-order valence-corrected chi connectivity index (χ2v) is 7.05. The van der Waals surface area contributed by atoms with Gasteiger partial charge in [-0.2, -0.15) is 13.2 Å². The van der Waals surface area contributed by atoms with Gasteiger partial charge < -0.3 is 10.6 Å². The van der Waals surface area contributed by atoms with Crippen LogP contribution in [0.2, 0.25) is 0 Å². The highest BCUT2D eigenvalue weighted by molar-refractivity contribution is 5.91. The summed E-state index contributed by atoms with van der Waals surface area (Å²) in [5, 5.41) is 6.18. The molecule has 1 fully saturated rings. The topological polar surface area (TPSA) is 41.1 Å². The van der Waals surface area contributed by atoms with Gasteiger partial charge in [0.1, 0.15) is 0 Å². The highest BCUT2D eigenvalue weighted by Crippen LogP contribution is 2.49. The Balaban J connectivity index is 1.48. The predicted octanol–water partition coefficient (Wildman–Crippen LogP) is 3.66. The van der Waals surface area contributed by atoms with Crippen LogP contribution in [0.3, 0.4) is 0 Å². The molecule has 0 unspecified atom stereocenters. The van der Waals surface area contributed by atoms with E-state index in [0.717, 1.165) is 30.8 Å². The summed E-state index contributed by atoms with van der Waals surface area (Å²) in [6.07, 6.45) is -3.25. The highest BCUT2D eigenvalue weighted by atomic mass is 19.4. The van der Waals surface area contributed by atoms with E-state index in [1.54, 1.807) is 6.07 Å². The SMILES string of the molecule is O=C(NCc1ccc2c(c1)CNC2)C1(c2cccc(C(F)(F)F)c2)CC1. The highest BCUT2D eigenvalue weighted by Gasteiger charge is 2.51. The molecule has 1 saturated carbocycles. The van der Waals surface area contributed by atoms with Gasteiger partial charge in [0.25, 0.3) is 0 Å². The molecule has 1 aliphatic heterocycles. The minimum atomic E-state index is -4.40. The molecule has 1 aliphatic carbocycles. The molecule has 0 atom stereocenters. The fourth-order valence-electron chi connectivity index (χ4n) is 3.57. The maximum absolute atomic E-state index is 13.0. The molecule has 2 aliphatic rings. The van der Waals surface area contributed by atoms with Crippen molar-refractivity contribution >= 4 is 5.91 Å². The summed E-state index contributed by atoms with van der Waals surface area (Å²) in [4.78, 5) is 12.7. The number of hydrogen-bond acceptors (Lipinski definition) is 2. The number of hydrogen-bond donors (Lipinski definition) is 2. The van der Waals surface area contributed by atoms with Gasteiger partial charge in [0, 0.05) is 19.6 Å². The third-order valence-corrected chi connectivity index (χ3v) is 5.28. The van der Waals surface area contributed by atoms with Gasteiger partial charge >= 0.3 is 6.18 Å². The molecule has 0 bridgehead atoms. The van der Waals surface area contributed by atoms with Crippen LogP contribution in [-0.2, 0) is 36.0 Å². The van der Waals surface area contributed by atoms with Gasteiger partial charge in [-0.3, -0.25) is 4.79 Å². The molecule has 2 aromatic rings. The predicted molar refractivity (Wildman–Crippen MR) is 91.2 cm³/mol. The Labute approximate surface area is 149 Å². The number of rotatable bonds is 4. The summed E-state index contributed by atoms with van der Waals surface area (Å²) >= 11 is 0. The van der Waals surface area contributed by atoms with E-state index < -0.39 is 17.2 Å². The van der Waals surface area contributed by atoms with E-state index in [1.807, 2.05) is 6.07 Å². The van der Waals surface area contributed by atoms with Gasteiger partial charge in [0.05, 0.1) is 11.0 Å². The minimum Gasteiger partial charge on any atom is -0.351 e. The zero-order valence-corrected chi connectivity index (χ0v) is 14.1. The maximum atomic E-state index is 13.0. The van der Waals surface area contributed by atoms with Gasteiger partial charge in [0.2, 0.25) is 5.91 Å². The van der Waals surface area contributed by atoms with Crippen molar-refractivity contribution in [1.29, 1.82) is 0 Å². The number of alkyl halides is 3. The lowest BCUT2D eigenvalue weighted by Gasteiger charge is -2.18. The Morgan fingerprint density at radius 3 is 2.58 bits per heavy atom. The standard InChI is InChI=1S/C20H19F3N2O/c21-20(22,23)17-3-1-2-16(9-17)19(6-7-19)18(26)25-10-13-4-5-14-11-24-12-15(14)8-13/h1-5,8-9,24H,6-7,10-12H2,(H,25,26). The molecule has 4 rings (SSSR count). The van der Waals surface area contributed by atoms with E-state index in [9.17, 15) is 18.0 Å². The fourth-order valence-corrected chi connectivity index (χ4v) is 3.57. The summed E-state index contributed by atoms with van der Waals surface area (Å²) in [5.74, 6) is -0.199.